The summed E-state index contributed by atoms with van der Waals surface area (Å²) in [6.07, 6.45) is 3.59. The van der Waals surface area contributed by atoms with Crippen LogP contribution in [0.5, 0.6) is 0 Å². The molecule has 1 aromatic heterocycles. The third-order valence-corrected chi connectivity index (χ3v) is 3.34. The zero-order valence-corrected chi connectivity index (χ0v) is 10.8. The van der Waals surface area contributed by atoms with Crippen molar-refractivity contribution in [2.75, 3.05) is 0 Å². The van der Waals surface area contributed by atoms with Crippen molar-refractivity contribution in [3.8, 4) is 11.1 Å². The van der Waals surface area contributed by atoms with Crippen molar-refractivity contribution in [2.45, 2.75) is 13.0 Å². The molecule has 19 heavy (non-hydrogen) atoms. The van der Waals surface area contributed by atoms with Gasteiger partial charge in [-0.25, -0.2) is 4.68 Å². The lowest BCUT2D eigenvalue weighted by Gasteiger charge is -2.12. The minimum atomic E-state index is 0.201. The third kappa shape index (κ3) is 2.40. The molecule has 3 heteroatoms. The molecule has 0 radical (unpaired) electrons. The second-order valence-electron chi connectivity index (χ2n) is 4.55. The highest BCUT2D eigenvalue weighted by Crippen LogP contribution is 2.22. The first kappa shape index (κ1) is 11.7. The second kappa shape index (κ2) is 5.06. The van der Waals surface area contributed by atoms with Gasteiger partial charge in [0, 0.05) is 6.20 Å². The van der Waals surface area contributed by atoms with Crippen LogP contribution in [0.3, 0.4) is 0 Å². The second-order valence-corrected chi connectivity index (χ2v) is 4.55. The van der Waals surface area contributed by atoms with E-state index in [1.807, 2.05) is 16.9 Å². The van der Waals surface area contributed by atoms with Gasteiger partial charge in [-0.2, -0.15) is 0 Å². The summed E-state index contributed by atoms with van der Waals surface area (Å²) in [4.78, 5) is 0. The van der Waals surface area contributed by atoms with Gasteiger partial charge in [0.05, 0.1) is 12.2 Å². The van der Waals surface area contributed by atoms with Crippen molar-refractivity contribution < 1.29 is 0 Å². The van der Waals surface area contributed by atoms with Crippen molar-refractivity contribution in [2.24, 2.45) is 0 Å². The summed E-state index contributed by atoms with van der Waals surface area (Å²) >= 11 is 0. The Hall–Kier alpha value is -2.42. The summed E-state index contributed by atoms with van der Waals surface area (Å²) in [5, 5.41) is 7.89. The van der Waals surface area contributed by atoms with Gasteiger partial charge in [0.25, 0.3) is 0 Å². The smallest absolute Gasteiger partial charge is 0.0758 e. The molecule has 0 saturated carbocycles. The number of benzene rings is 2. The summed E-state index contributed by atoms with van der Waals surface area (Å²) < 4.78 is 1.86. The maximum Gasteiger partial charge on any atom is 0.0758 e. The Kier molecular flexibility index (Phi) is 3.11. The highest BCUT2D eigenvalue weighted by molar-refractivity contribution is 5.63. The Morgan fingerprint density at radius 2 is 1.58 bits per heavy atom. The van der Waals surface area contributed by atoms with Crippen molar-refractivity contribution in [3.63, 3.8) is 0 Å². The Morgan fingerprint density at radius 3 is 2.21 bits per heavy atom. The van der Waals surface area contributed by atoms with Crippen molar-refractivity contribution in [3.05, 3.63) is 72.6 Å². The van der Waals surface area contributed by atoms with Crippen molar-refractivity contribution >= 4 is 0 Å². The average molecular weight is 249 g/mol. The normalized spacial score (nSPS) is 12.3. The summed E-state index contributed by atoms with van der Waals surface area (Å²) in [7, 11) is 0. The monoisotopic (exact) mass is 249 g/mol. The van der Waals surface area contributed by atoms with Gasteiger partial charge in [0.1, 0.15) is 0 Å². The van der Waals surface area contributed by atoms with Crippen LogP contribution in [0.25, 0.3) is 11.1 Å². The number of hydrogen-bond donors (Lipinski definition) is 0. The van der Waals surface area contributed by atoms with E-state index in [-0.39, 0.29) is 6.04 Å². The first-order valence-corrected chi connectivity index (χ1v) is 6.36. The number of hydrogen-bond acceptors (Lipinski definition) is 2. The van der Waals surface area contributed by atoms with Gasteiger partial charge in [0.2, 0.25) is 0 Å². The molecule has 1 unspecified atom stereocenters. The van der Waals surface area contributed by atoms with Crippen LogP contribution in [0.2, 0.25) is 0 Å². The maximum atomic E-state index is 4.04. The third-order valence-electron chi connectivity index (χ3n) is 3.34. The first-order valence-electron chi connectivity index (χ1n) is 6.36. The molecule has 3 nitrogen and oxygen atoms in total. The van der Waals surface area contributed by atoms with Crippen LogP contribution in [-0.4, -0.2) is 15.0 Å². The molecule has 1 heterocycles. The molecule has 0 saturated heterocycles. The SMILES string of the molecule is CC(c1ccc(-c2ccccc2)cc1)n1ccnn1. The highest BCUT2D eigenvalue weighted by Gasteiger charge is 2.08. The van der Waals surface area contributed by atoms with Gasteiger partial charge in [0.15, 0.2) is 0 Å². The minimum Gasteiger partial charge on any atom is -0.245 e. The van der Waals surface area contributed by atoms with Crippen LogP contribution < -0.4 is 0 Å². The lowest BCUT2D eigenvalue weighted by Crippen LogP contribution is -2.07. The van der Waals surface area contributed by atoms with Crippen molar-refractivity contribution in [1.29, 1.82) is 0 Å². The van der Waals surface area contributed by atoms with E-state index in [1.165, 1.54) is 16.7 Å². The fraction of sp³-hybridized carbons (Fsp3) is 0.125. The molecule has 0 aliphatic rings. The molecule has 0 amide bonds. The average Bonchev–Trinajstić information content (AvgIpc) is 3.02. The zero-order valence-electron chi connectivity index (χ0n) is 10.8. The predicted octanol–water partition coefficient (Wildman–Crippen LogP) is 3.55. The zero-order chi connectivity index (χ0) is 13.1. The van der Waals surface area contributed by atoms with E-state index in [0.29, 0.717) is 0 Å². The van der Waals surface area contributed by atoms with Crippen LogP contribution >= 0.6 is 0 Å². The Labute approximate surface area is 112 Å². The quantitative estimate of drug-likeness (QED) is 0.710. The Morgan fingerprint density at radius 1 is 0.895 bits per heavy atom. The highest BCUT2D eigenvalue weighted by atomic mass is 15.4. The molecular formula is C16H15N3. The summed E-state index contributed by atoms with van der Waals surface area (Å²) in [5.41, 5.74) is 3.70. The van der Waals surface area contributed by atoms with E-state index in [0.717, 1.165) is 0 Å². The molecule has 1 atom stereocenters. The number of nitrogens with zero attached hydrogens (tertiary/aromatic N) is 3. The van der Waals surface area contributed by atoms with Gasteiger partial charge in [-0.15, -0.1) is 5.10 Å². The van der Waals surface area contributed by atoms with Gasteiger partial charge >= 0.3 is 0 Å². The molecule has 0 aliphatic heterocycles. The fourth-order valence-electron chi connectivity index (χ4n) is 2.16. The fourth-order valence-corrected chi connectivity index (χ4v) is 2.16. The van der Waals surface area contributed by atoms with Crippen molar-refractivity contribution in [1.82, 2.24) is 15.0 Å². The first-order chi connectivity index (χ1) is 9.34. The lowest BCUT2D eigenvalue weighted by atomic mass is 10.0. The Bertz CT molecular complexity index is 628. The van der Waals surface area contributed by atoms with E-state index >= 15 is 0 Å². The largest absolute Gasteiger partial charge is 0.245 e. The van der Waals surface area contributed by atoms with E-state index in [1.54, 1.807) is 6.20 Å². The number of aromatic nitrogens is 3. The van der Waals surface area contributed by atoms with Crippen LogP contribution in [0.15, 0.2) is 67.0 Å². The predicted molar refractivity (Wildman–Crippen MR) is 75.7 cm³/mol. The Balaban J connectivity index is 1.87. The number of rotatable bonds is 3. The lowest BCUT2D eigenvalue weighted by molar-refractivity contribution is 0.543. The molecule has 94 valence electrons. The van der Waals surface area contributed by atoms with Gasteiger partial charge in [-0.1, -0.05) is 59.8 Å². The van der Waals surface area contributed by atoms with Crippen LogP contribution in [0, 0.1) is 0 Å². The van der Waals surface area contributed by atoms with Gasteiger partial charge in [-0.3, -0.25) is 0 Å². The van der Waals surface area contributed by atoms with E-state index < -0.39 is 0 Å². The molecule has 0 fully saturated rings. The molecular weight excluding hydrogens is 234 g/mol. The van der Waals surface area contributed by atoms with Crippen LogP contribution in [0.4, 0.5) is 0 Å². The van der Waals surface area contributed by atoms with E-state index in [9.17, 15) is 0 Å². The molecule has 0 bridgehead atoms. The molecule has 0 N–H and O–H groups in total. The van der Waals surface area contributed by atoms with E-state index in [4.69, 9.17) is 0 Å². The maximum absolute atomic E-state index is 4.04. The van der Waals surface area contributed by atoms with Gasteiger partial charge < -0.3 is 0 Å². The van der Waals surface area contributed by atoms with Crippen LogP contribution in [-0.2, 0) is 0 Å². The van der Waals surface area contributed by atoms with Crippen LogP contribution in [0.1, 0.15) is 18.5 Å². The van der Waals surface area contributed by atoms with E-state index in [2.05, 4.69) is 65.8 Å². The topological polar surface area (TPSA) is 30.7 Å². The molecule has 3 aromatic rings. The summed E-state index contributed by atoms with van der Waals surface area (Å²) in [5.74, 6) is 0. The summed E-state index contributed by atoms with van der Waals surface area (Å²) in [6, 6.07) is 19.2. The molecule has 3 rings (SSSR count). The van der Waals surface area contributed by atoms with Gasteiger partial charge in [-0.05, 0) is 23.6 Å². The minimum absolute atomic E-state index is 0.201. The molecule has 0 aliphatic carbocycles. The standard InChI is InChI=1S/C16H15N3/c1-13(19-12-11-17-18-19)14-7-9-16(10-8-14)15-5-3-2-4-6-15/h2-13H,1H3. The molecule has 0 spiro atoms. The molecule has 2 aromatic carbocycles. The summed E-state index contributed by atoms with van der Waals surface area (Å²) in [6.45, 7) is 2.12.